The van der Waals surface area contributed by atoms with Crippen LogP contribution in [0.15, 0.2) is 33.9 Å². The predicted octanol–water partition coefficient (Wildman–Crippen LogP) is 2.15. The Morgan fingerprint density at radius 2 is 1.91 bits per heavy atom. The Hall–Kier alpha value is -1.86. The van der Waals surface area contributed by atoms with E-state index >= 15 is 0 Å². The summed E-state index contributed by atoms with van der Waals surface area (Å²) >= 11 is 3.45. The first kappa shape index (κ1) is 16.5. The number of carbonyl (C=O) groups is 2. The number of esters is 2. The van der Waals surface area contributed by atoms with Crippen LogP contribution >= 0.6 is 15.9 Å². The SMILES string of the molecule is COC(=O)C1=C(C(=O)OC)N(c2ccc(C)c(Br)c2)COC1. The first-order chi connectivity index (χ1) is 10.5. The molecule has 0 aromatic heterocycles. The fourth-order valence-electron chi connectivity index (χ4n) is 2.10. The second-order valence-corrected chi connectivity index (χ2v) is 5.50. The predicted molar refractivity (Wildman–Crippen MR) is 83.2 cm³/mol. The van der Waals surface area contributed by atoms with Crippen LogP contribution in [0.4, 0.5) is 5.69 Å². The van der Waals surface area contributed by atoms with Gasteiger partial charge in [0.2, 0.25) is 0 Å². The van der Waals surface area contributed by atoms with Gasteiger partial charge in [-0.05, 0) is 24.6 Å². The van der Waals surface area contributed by atoms with E-state index in [1.165, 1.54) is 14.2 Å². The third kappa shape index (κ3) is 3.15. The van der Waals surface area contributed by atoms with Crippen molar-refractivity contribution in [1.29, 1.82) is 0 Å². The topological polar surface area (TPSA) is 65.1 Å². The number of ether oxygens (including phenoxy) is 3. The molecule has 0 unspecified atom stereocenters. The van der Waals surface area contributed by atoms with Gasteiger partial charge in [-0.25, -0.2) is 9.59 Å². The number of nitrogens with zero attached hydrogens (tertiary/aromatic N) is 1. The normalized spacial score (nSPS) is 14.8. The third-order valence-corrected chi connectivity index (χ3v) is 4.15. The van der Waals surface area contributed by atoms with Gasteiger partial charge in [-0.15, -0.1) is 0 Å². The molecule has 0 spiro atoms. The Labute approximate surface area is 136 Å². The second kappa shape index (κ2) is 6.93. The van der Waals surface area contributed by atoms with Gasteiger partial charge < -0.3 is 19.1 Å². The van der Waals surface area contributed by atoms with Gasteiger partial charge in [-0.1, -0.05) is 22.0 Å². The van der Waals surface area contributed by atoms with Gasteiger partial charge in [0, 0.05) is 10.2 Å². The summed E-state index contributed by atoms with van der Waals surface area (Å²) < 4.78 is 15.8. The van der Waals surface area contributed by atoms with E-state index in [4.69, 9.17) is 14.2 Å². The molecule has 6 nitrogen and oxygen atoms in total. The Balaban J connectivity index is 2.54. The Bertz CT molecular complexity index is 641. The minimum atomic E-state index is -0.615. The van der Waals surface area contributed by atoms with E-state index in [1.807, 2.05) is 25.1 Å². The molecular weight excluding hydrogens is 354 g/mol. The average Bonchev–Trinajstić information content (AvgIpc) is 2.55. The van der Waals surface area contributed by atoms with E-state index in [0.29, 0.717) is 5.69 Å². The molecule has 118 valence electrons. The van der Waals surface area contributed by atoms with Crippen molar-refractivity contribution in [2.75, 3.05) is 32.5 Å². The van der Waals surface area contributed by atoms with Gasteiger partial charge in [-0.2, -0.15) is 0 Å². The highest BCUT2D eigenvalue weighted by Crippen LogP contribution is 2.30. The number of anilines is 1. The molecule has 0 saturated carbocycles. The Morgan fingerprint density at radius 3 is 2.50 bits per heavy atom. The fourth-order valence-corrected chi connectivity index (χ4v) is 2.46. The first-order valence-corrected chi connectivity index (χ1v) is 7.30. The number of aryl methyl sites for hydroxylation is 1. The van der Waals surface area contributed by atoms with E-state index in [-0.39, 0.29) is 24.6 Å². The van der Waals surface area contributed by atoms with E-state index in [0.717, 1.165) is 10.0 Å². The van der Waals surface area contributed by atoms with E-state index in [1.54, 1.807) is 4.90 Å². The van der Waals surface area contributed by atoms with Gasteiger partial charge >= 0.3 is 11.9 Å². The molecule has 0 atom stereocenters. The van der Waals surface area contributed by atoms with Crippen LogP contribution in [0.2, 0.25) is 0 Å². The van der Waals surface area contributed by atoms with Crippen molar-refractivity contribution in [1.82, 2.24) is 0 Å². The zero-order valence-electron chi connectivity index (χ0n) is 12.5. The summed E-state index contributed by atoms with van der Waals surface area (Å²) in [6.07, 6.45) is 0. The molecule has 0 aliphatic carbocycles. The zero-order chi connectivity index (χ0) is 16.3. The molecule has 1 aromatic rings. The fraction of sp³-hybridized carbons (Fsp3) is 0.333. The standard InChI is InChI=1S/C15H16BrNO5/c1-9-4-5-10(6-12(9)16)17-8-22-7-11(14(18)20-2)13(17)15(19)21-3/h4-6H,7-8H2,1-3H3. The van der Waals surface area contributed by atoms with E-state index in [9.17, 15) is 9.59 Å². The van der Waals surface area contributed by atoms with Crippen LogP contribution in [0.25, 0.3) is 0 Å². The smallest absolute Gasteiger partial charge is 0.355 e. The number of hydrogen-bond acceptors (Lipinski definition) is 6. The minimum Gasteiger partial charge on any atom is -0.466 e. The summed E-state index contributed by atoms with van der Waals surface area (Å²) in [5, 5.41) is 0. The molecule has 0 saturated heterocycles. The molecule has 0 bridgehead atoms. The average molecular weight is 370 g/mol. The lowest BCUT2D eigenvalue weighted by Crippen LogP contribution is -2.38. The summed E-state index contributed by atoms with van der Waals surface area (Å²) in [7, 11) is 2.52. The second-order valence-electron chi connectivity index (χ2n) is 4.65. The van der Waals surface area contributed by atoms with Crippen LogP contribution in [0.1, 0.15) is 5.56 Å². The molecule has 22 heavy (non-hydrogen) atoms. The molecule has 1 aliphatic rings. The van der Waals surface area contributed by atoms with Crippen molar-refractivity contribution in [2.45, 2.75) is 6.92 Å². The monoisotopic (exact) mass is 369 g/mol. The number of rotatable bonds is 3. The molecule has 2 rings (SSSR count). The molecule has 1 aliphatic heterocycles. The van der Waals surface area contributed by atoms with Crippen molar-refractivity contribution in [3.63, 3.8) is 0 Å². The molecule has 0 radical (unpaired) electrons. The van der Waals surface area contributed by atoms with Crippen molar-refractivity contribution in [3.8, 4) is 0 Å². The van der Waals surface area contributed by atoms with E-state index in [2.05, 4.69) is 15.9 Å². The largest absolute Gasteiger partial charge is 0.466 e. The summed E-state index contributed by atoms with van der Waals surface area (Å²) in [6.45, 7) is 2.10. The third-order valence-electron chi connectivity index (χ3n) is 3.30. The van der Waals surface area contributed by atoms with Crippen molar-refractivity contribution in [3.05, 3.63) is 39.5 Å². The quantitative estimate of drug-likeness (QED) is 0.760. The van der Waals surface area contributed by atoms with Crippen LogP contribution in [0.3, 0.4) is 0 Å². The highest BCUT2D eigenvalue weighted by atomic mass is 79.9. The number of methoxy groups -OCH3 is 2. The molecule has 0 amide bonds. The van der Waals surface area contributed by atoms with Crippen LogP contribution < -0.4 is 4.90 Å². The number of benzene rings is 1. The van der Waals surface area contributed by atoms with Gasteiger partial charge in [0.25, 0.3) is 0 Å². The maximum absolute atomic E-state index is 12.1. The lowest BCUT2D eigenvalue weighted by molar-refractivity contribution is -0.140. The highest BCUT2D eigenvalue weighted by Gasteiger charge is 2.32. The number of hydrogen-bond donors (Lipinski definition) is 0. The Morgan fingerprint density at radius 1 is 1.23 bits per heavy atom. The zero-order valence-corrected chi connectivity index (χ0v) is 14.1. The van der Waals surface area contributed by atoms with Gasteiger partial charge in [-0.3, -0.25) is 0 Å². The summed E-state index contributed by atoms with van der Waals surface area (Å²) in [5.41, 5.74) is 2.03. The highest BCUT2D eigenvalue weighted by molar-refractivity contribution is 9.10. The Kier molecular flexibility index (Phi) is 5.20. The summed E-state index contributed by atoms with van der Waals surface area (Å²) in [4.78, 5) is 25.6. The van der Waals surface area contributed by atoms with Gasteiger partial charge in [0.05, 0.1) is 26.4 Å². The summed E-state index contributed by atoms with van der Waals surface area (Å²) in [5.74, 6) is -1.23. The maximum Gasteiger partial charge on any atom is 0.355 e. The van der Waals surface area contributed by atoms with Crippen molar-refractivity contribution < 1.29 is 23.8 Å². The van der Waals surface area contributed by atoms with Crippen LogP contribution in [0.5, 0.6) is 0 Å². The molecule has 1 aromatic carbocycles. The van der Waals surface area contributed by atoms with Crippen molar-refractivity contribution >= 4 is 33.6 Å². The van der Waals surface area contributed by atoms with Crippen LogP contribution in [-0.2, 0) is 23.8 Å². The van der Waals surface area contributed by atoms with E-state index < -0.39 is 11.9 Å². The molecular formula is C15H16BrNO5. The van der Waals surface area contributed by atoms with Crippen LogP contribution in [-0.4, -0.2) is 39.5 Å². The lowest BCUT2D eigenvalue weighted by atomic mass is 10.1. The van der Waals surface area contributed by atoms with Crippen LogP contribution in [0, 0.1) is 6.92 Å². The molecule has 0 N–H and O–H groups in total. The first-order valence-electron chi connectivity index (χ1n) is 6.50. The van der Waals surface area contributed by atoms with Crippen molar-refractivity contribution in [2.24, 2.45) is 0 Å². The molecule has 0 fully saturated rings. The van der Waals surface area contributed by atoms with Gasteiger partial charge in [0.1, 0.15) is 12.4 Å². The van der Waals surface area contributed by atoms with Gasteiger partial charge in [0.15, 0.2) is 0 Å². The molecule has 7 heteroatoms. The lowest BCUT2D eigenvalue weighted by Gasteiger charge is -2.31. The minimum absolute atomic E-state index is 0.000633. The molecule has 1 heterocycles. The summed E-state index contributed by atoms with van der Waals surface area (Å²) in [6, 6.07) is 5.59. The number of carbonyl (C=O) groups excluding carboxylic acids is 2. The number of halogens is 1. The maximum atomic E-state index is 12.1.